The maximum absolute atomic E-state index is 12.3. The number of ether oxygens (including phenoxy) is 1. The molecule has 1 amide bonds. The summed E-state index contributed by atoms with van der Waals surface area (Å²) in [5.74, 6) is 0.994. The Morgan fingerprint density at radius 1 is 1.42 bits per heavy atom. The van der Waals surface area contributed by atoms with Crippen molar-refractivity contribution in [2.75, 3.05) is 13.7 Å². The molecule has 8 nitrogen and oxygen atoms in total. The quantitative estimate of drug-likeness (QED) is 0.670. The van der Waals surface area contributed by atoms with Crippen LogP contribution in [0.15, 0.2) is 18.2 Å². The summed E-state index contributed by atoms with van der Waals surface area (Å²) in [6.45, 7) is 0.884. The monoisotopic (exact) mass is 380 g/mol. The molecular weight excluding hydrogens is 360 g/mol. The van der Waals surface area contributed by atoms with Crippen molar-refractivity contribution in [3.63, 3.8) is 0 Å². The first kappa shape index (κ1) is 18.6. The molecule has 1 saturated carbocycles. The first-order valence-corrected chi connectivity index (χ1v) is 8.72. The van der Waals surface area contributed by atoms with Gasteiger partial charge in [0.25, 0.3) is 5.91 Å². The Balaban J connectivity index is 1.61. The van der Waals surface area contributed by atoms with Crippen LogP contribution < -0.4 is 5.32 Å². The number of carbonyl (C=O) groups excluding carboxylic acids is 1. The topological polar surface area (TPSA) is 110 Å². The molecule has 0 aliphatic heterocycles. The molecule has 3 rings (SSSR count). The molecule has 1 aromatic carbocycles. The summed E-state index contributed by atoms with van der Waals surface area (Å²) in [7, 11) is 1.61. The third-order valence-electron chi connectivity index (χ3n) is 4.56. The number of amides is 1. The smallest absolute Gasteiger partial charge is 0.255 e. The molecule has 1 fully saturated rings. The number of benzene rings is 1. The van der Waals surface area contributed by atoms with Crippen molar-refractivity contribution >= 4 is 17.5 Å². The Labute approximate surface area is 155 Å². The average molecular weight is 381 g/mol. The number of aromatic nitrogens is 3. The van der Waals surface area contributed by atoms with Crippen LogP contribution in [0.4, 0.5) is 0 Å². The number of hydrogen-bond donors (Lipinski definition) is 3. The predicted molar refractivity (Wildman–Crippen MR) is 94.2 cm³/mol. The molecule has 9 heteroatoms. The summed E-state index contributed by atoms with van der Waals surface area (Å²) in [4.78, 5) is 12.3. The normalized spacial score (nSPS) is 19.2. The maximum Gasteiger partial charge on any atom is 0.255 e. The van der Waals surface area contributed by atoms with Crippen molar-refractivity contribution in [2.24, 2.45) is 0 Å². The van der Waals surface area contributed by atoms with Gasteiger partial charge >= 0.3 is 0 Å². The molecule has 0 saturated heterocycles. The van der Waals surface area contributed by atoms with E-state index in [9.17, 15) is 15.0 Å². The van der Waals surface area contributed by atoms with E-state index >= 15 is 0 Å². The fraction of sp³-hybridized carbons (Fsp3) is 0.471. The third-order valence-corrected chi connectivity index (χ3v) is 4.79. The Bertz CT molecular complexity index is 789. The van der Waals surface area contributed by atoms with Gasteiger partial charge in [0.15, 0.2) is 5.82 Å². The van der Waals surface area contributed by atoms with Crippen molar-refractivity contribution in [3.05, 3.63) is 40.4 Å². The van der Waals surface area contributed by atoms with Gasteiger partial charge in [0.05, 0.1) is 12.2 Å². The van der Waals surface area contributed by atoms with Crippen LogP contribution >= 0.6 is 11.6 Å². The van der Waals surface area contributed by atoms with E-state index in [1.165, 1.54) is 18.2 Å². The lowest BCUT2D eigenvalue weighted by molar-refractivity contribution is 0.0903. The van der Waals surface area contributed by atoms with Gasteiger partial charge in [-0.05, 0) is 31.0 Å². The zero-order valence-electron chi connectivity index (χ0n) is 14.4. The molecule has 1 aliphatic rings. The number of nitrogens with one attached hydrogen (secondary N) is 1. The molecule has 140 valence electrons. The van der Waals surface area contributed by atoms with Gasteiger partial charge in [0.2, 0.25) is 0 Å². The van der Waals surface area contributed by atoms with Crippen molar-refractivity contribution < 1.29 is 19.7 Å². The minimum absolute atomic E-state index is 0.0176. The van der Waals surface area contributed by atoms with E-state index in [0.717, 1.165) is 5.82 Å². The Kier molecular flexibility index (Phi) is 5.75. The minimum Gasteiger partial charge on any atom is -0.507 e. The molecule has 1 heterocycles. The number of rotatable bonds is 7. The number of aliphatic hydroxyl groups is 1. The molecule has 0 atom stereocenters. The fourth-order valence-electron chi connectivity index (χ4n) is 3.09. The van der Waals surface area contributed by atoms with Gasteiger partial charge < -0.3 is 24.8 Å². The maximum atomic E-state index is 12.3. The highest BCUT2D eigenvalue weighted by atomic mass is 35.5. The van der Waals surface area contributed by atoms with Gasteiger partial charge in [-0.25, -0.2) is 0 Å². The molecule has 0 spiro atoms. The second-order valence-corrected chi connectivity index (χ2v) is 6.71. The number of carbonyl (C=O) groups is 1. The lowest BCUT2D eigenvalue weighted by atomic mass is 9.79. The Hall–Kier alpha value is -2.16. The van der Waals surface area contributed by atoms with Gasteiger partial charge in [-0.3, -0.25) is 4.79 Å². The van der Waals surface area contributed by atoms with Crippen LogP contribution in [0.5, 0.6) is 5.75 Å². The largest absolute Gasteiger partial charge is 0.507 e. The first-order valence-electron chi connectivity index (χ1n) is 8.34. The van der Waals surface area contributed by atoms with Crippen LogP contribution in [-0.4, -0.2) is 50.6 Å². The molecule has 1 aromatic heterocycles. The summed E-state index contributed by atoms with van der Waals surface area (Å²) >= 11 is 5.88. The van der Waals surface area contributed by atoms with E-state index < -0.39 is 0 Å². The summed E-state index contributed by atoms with van der Waals surface area (Å²) in [5.41, 5.74) is 0.159. The highest BCUT2D eigenvalue weighted by Gasteiger charge is 2.35. The van der Waals surface area contributed by atoms with Gasteiger partial charge in [-0.2, -0.15) is 0 Å². The van der Waals surface area contributed by atoms with Gasteiger partial charge in [-0.15, -0.1) is 10.2 Å². The highest BCUT2D eigenvalue weighted by molar-refractivity contribution is 6.31. The van der Waals surface area contributed by atoms with E-state index in [1.807, 2.05) is 4.57 Å². The number of phenolic OH excluding ortho intramolecular Hbond substituents is 1. The molecule has 0 bridgehead atoms. The molecule has 0 radical (unpaired) electrons. The number of methoxy groups -OCH3 is 1. The second kappa shape index (κ2) is 8.03. The van der Waals surface area contributed by atoms with E-state index in [4.69, 9.17) is 16.3 Å². The van der Waals surface area contributed by atoms with Crippen LogP contribution in [0.25, 0.3) is 0 Å². The van der Waals surface area contributed by atoms with Crippen molar-refractivity contribution in [3.8, 4) is 5.75 Å². The second-order valence-electron chi connectivity index (χ2n) is 6.28. The predicted octanol–water partition coefficient (Wildman–Crippen LogP) is 1.45. The number of halogens is 1. The van der Waals surface area contributed by atoms with Crippen LogP contribution in [0.1, 0.15) is 40.8 Å². The molecule has 3 N–H and O–H groups in total. The summed E-state index contributed by atoms with van der Waals surface area (Å²) < 4.78 is 6.97. The van der Waals surface area contributed by atoms with Gasteiger partial charge in [0.1, 0.15) is 18.2 Å². The summed E-state index contributed by atoms with van der Waals surface area (Å²) in [5, 5.41) is 30.7. The standard InChI is InChI=1S/C17H21ClN4O4/c1-26-5-4-22-15(9-23)20-21-16(22)10-6-12(7-10)19-17(25)13-8-11(18)2-3-14(13)24/h2-3,8,10,12,23-24H,4-7,9H2,1H3,(H,19,25). The number of phenols is 1. The third kappa shape index (κ3) is 3.82. The molecule has 0 unspecified atom stereocenters. The number of aliphatic hydroxyl groups excluding tert-OH is 1. The fourth-order valence-corrected chi connectivity index (χ4v) is 3.27. The van der Waals surface area contributed by atoms with E-state index in [0.29, 0.717) is 36.8 Å². The highest BCUT2D eigenvalue weighted by Crippen LogP contribution is 2.36. The zero-order chi connectivity index (χ0) is 18.7. The number of nitrogens with zero attached hydrogens (tertiary/aromatic N) is 3. The molecule has 2 aromatic rings. The number of hydrogen-bond acceptors (Lipinski definition) is 6. The van der Waals surface area contributed by atoms with Crippen molar-refractivity contribution in [1.29, 1.82) is 0 Å². The first-order chi connectivity index (χ1) is 12.5. The van der Waals surface area contributed by atoms with Crippen molar-refractivity contribution in [2.45, 2.75) is 38.0 Å². The number of aromatic hydroxyl groups is 1. The lowest BCUT2D eigenvalue weighted by Gasteiger charge is -2.35. The SMILES string of the molecule is COCCn1c(CO)nnc1C1CC(NC(=O)c2cc(Cl)ccc2O)C1. The van der Waals surface area contributed by atoms with Crippen LogP contribution in [0.3, 0.4) is 0 Å². The van der Waals surface area contributed by atoms with Crippen LogP contribution in [0.2, 0.25) is 5.02 Å². The molecular formula is C17H21ClN4O4. The Morgan fingerprint density at radius 2 is 2.19 bits per heavy atom. The van der Waals surface area contributed by atoms with Gasteiger partial charge in [0, 0.05) is 30.6 Å². The van der Waals surface area contributed by atoms with Crippen molar-refractivity contribution in [1.82, 2.24) is 20.1 Å². The molecule has 1 aliphatic carbocycles. The Morgan fingerprint density at radius 3 is 2.88 bits per heavy atom. The zero-order valence-corrected chi connectivity index (χ0v) is 15.1. The van der Waals surface area contributed by atoms with Crippen LogP contribution in [0, 0.1) is 0 Å². The average Bonchev–Trinajstić information content (AvgIpc) is 3.00. The van der Waals surface area contributed by atoms with E-state index in [-0.39, 0.29) is 35.8 Å². The molecule has 26 heavy (non-hydrogen) atoms. The van der Waals surface area contributed by atoms with E-state index in [1.54, 1.807) is 7.11 Å². The summed E-state index contributed by atoms with van der Waals surface area (Å²) in [6.07, 6.45) is 1.42. The van der Waals surface area contributed by atoms with Gasteiger partial charge in [-0.1, -0.05) is 11.6 Å². The van der Waals surface area contributed by atoms with Crippen LogP contribution in [-0.2, 0) is 17.9 Å². The minimum atomic E-state index is -0.356. The van der Waals surface area contributed by atoms with E-state index in [2.05, 4.69) is 15.5 Å². The lowest BCUT2D eigenvalue weighted by Crippen LogP contribution is -2.44. The summed E-state index contributed by atoms with van der Waals surface area (Å²) in [6, 6.07) is 4.35.